The number of aliphatic hydroxyl groups is 1. The quantitative estimate of drug-likeness (QED) is 0.285. The second-order valence-corrected chi connectivity index (χ2v) is 9.40. The molecule has 1 aromatic heterocycles. The van der Waals surface area contributed by atoms with Gasteiger partial charge in [0, 0.05) is 30.5 Å². The Labute approximate surface area is 236 Å². The van der Waals surface area contributed by atoms with Crippen LogP contribution in [0.25, 0.3) is 11.3 Å². The Kier molecular flexibility index (Phi) is 10.9. The fourth-order valence-corrected chi connectivity index (χ4v) is 3.91. The highest BCUT2D eigenvalue weighted by Crippen LogP contribution is 2.24. The van der Waals surface area contributed by atoms with Gasteiger partial charge in [0.2, 0.25) is 5.95 Å². The Morgan fingerprint density at radius 2 is 1.73 bits per heavy atom. The Morgan fingerprint density at radius 1 is 1.00 bits per heavy atom. The van der Waals surface area contributed by atoms with Crippen LogP contribution in [-0.4, -0.2) is 79.0 Å². The summed E-state index contributed by atoms with van der Waals surface area (Å²) in [5.41, 5.74) is 1.36. The molecule has 0 atom stereocenters. The summed E-state index contributed by atoms with van der Waals surface area (Å²) in [4.78, 5) is 41.8. The lowest BCUT2D eigenvalue weighted by Crippen LogP contribution is -2.42. The van der Waals surface area contributed by atoms with Gasteiger partial charge >= 0.3 is 17.9 Å². The van der Waals surface area contributed by atoms with E-state index in [1.165, 1.54) is 5.56 Å². The van der Waals surface area contributed by atoms with Crippen molar-refractivity contribution < 1.29 is 39.5 Å². The van der Waals surface area contributed by atoms with Gasteiger partial charge in [-0.15, -0.1) is 0 Å². The van der Waals surface area contributed by atoms with Crippen LogP contribution in [0.15, 0.2) is 72.9 Å². The zero-order chi connectivity index (χ0) is 29.8. The molecule has 1 aliphatic heterocycles. The third-order valence-corrected chi connectivity index (χ3v) is 5.84. The van der Waals surface area contributed by atoms with Crippen LogP contribution >= 0.6 is 0 Å². The molecule has 0 amide bonds. The molecule has 0 aliphatic carbocycles. The normalized spacial score (nSPS) is 14.5. The van der Waals surface area contributed by atoms with Crippen molar-refractivity contribution in [2.45, 2.75) is 31.4 Å². The summed E-state index contributed by atoms with van der Waals surface area (Å²) in [6.07, 6.45) is 4.75. The molecule has 2 heterocycles. The van der Waals surface area contributed by atoms with Gasteiger partial charge in [-0.25, -0.2) is 14.8 Å². The molecule has 41 heavy (non-hydrogen) atoms. The Balaban J connectivity index is 0.000000302. The van der Waals surface area contributed by atoms with Crippen LogP contribution in [0, 0.1) is 0 Å². The molecule has 0 radical (unpaired) electrons. The molecule has 0 saturated carbocycles. The highest BCUT2D eigenvalue weighted by molar-refractivity contribution is 5.88. The summed E-state index contributed by atoms with van der Waals surface area (Å²) in [7, 11) is 2.12. The number of likely N-dealkylation sites (N-methyl/N-ethyl adjacent to an activating group) is 1. The number of anilines is 2. The van der Waals surface area contributed by atoms with Gasteiger partial charge in [0.15, 0.2) is 5.60 Å². The van der Waals surface area contributed by atoms with Crippen LogP contribution in [-0.2, 0) is 20.9 Å². The molecule has 0 unspecified atom stereocenters. The molecule has 216 valence electrons. The van der Waals surface area contributed by atoms with E-state index in [0.29, 0.717) is 12.6 Å². The number of carboxylic acids is 3. The topological polar surface area (TPSA) is 182 Å². The molecule has 2 aromatic carbocycles. The number of benzene rings is 2. The standard InChI is InChI=1S/C23H24N4O.C6H8O7/c1-27-13-3-2-4-14-28-21-10-6-8-19(16-21)22-11-12-24-23(26-22)25-20-9-5-7-18(15-20)17-27;7-3(8)1-6(13,5(11)12)2-4(9)10/h2-3,5-12,15-16H,4,13-14,17H2,1H3,(H,24,25,26);13H,1-2H2,(H,7,8)(H,9,10)(H,11,12)/b3-2+;. The van der Waals surface area contributed by atoms with Crippen LogP contribution in [0.5, 0.6) is 5.75 Å². The van der Waals surface area contributed by atoms with Crippen LogP contribution < -0.4 is 10.1 Å². The number of rotatable bonds is 5. The van der Waals surface area contributed by atoms with E-state index in [-0.39, 0.29) is 0 Å². The van der Waals surface area contributed by atoms with E-state index in [1.807, 2.05) is 36.4 Å². The maximum atomic E-state index is 10.3. The van der Waals surface area contributed by atoms with Gasteiger partial charge in [-0.3, -0.25) is 14.5 Å². The minimum absolute atomic E-state index is 0.582. The SMILES string of the molecule is CN1C/C=C/CCOc2cccc(c2)-c2ccnc(n2)Nc2cccc(c2)C1.O=C(O)CC(O)(CC(=O)O)C(=O)O. The molecule has 0 saturated heterocycles. The van der Waals surface area contributed by atoms with Gasteiger partial charge in [-0.05, 0) is 49.4 Å². The number of ether oxygens (including phenoxy) is 1. The van der Waals surface area contributed by atoms with Crippen molar-refractivity contribution in [1.29, 1.82) is 0 Å². The van der Waals surface area contributed by atoms with Crippen LogP contribution in [0.2, 0.25) is 0 Å². The highest BCUT2D eigenvalue weighted by Gasteiger charge is 2.40. The summed E-state index contributed by atoms with van der Waals surface area (Å²) in [6, 6.07) is 18.3. The molecule has 12 heteroatoms. The van der Waals surface area contributed by atoms with E-state index in [0.717, 1.165) is 42.2 Å². The van der Waals surface area contributed by atoms with E-state index < -0.39 is 36.4 Å². The first-order chi connectivity index (χ1) is 19.5. The third-order valence-electron chi connectivity index (χ3n) is 5.84. The molecule has 12 nitrogen and oxygen atoms in total. The molecule has 6 bridgehead atoms. The third kappa shape index (κ3) is 10.0. The maximum absolute atomic E-state index is 10.3. The largest absolute Gasteiger partial charge is 0.493 e. The Morgan fingerprint density at radius 3 is 2.44 bits per heavy atom. The number of hydrogen-bond acceptors (Lipinski definition) is 9. The molecule has 5 N–H and O–H groups in total. The van der Waals surface area contributed by atoms with Gasteiger partial charge in [0.1, 0.15) is 5.75 Å². The Hall–Kier alpha value is -4.81. The van der Waals surface area contributed by atoms with Gasteiger partial charge < -0.3 is 30.5 Å². The fraction of sp³-hybridized carbons (Fsp3) is 0.276. The zero-order valence-corrected chi connectivity index (χ0v) is 22.4. The number of fused-ring (bicyclic) bond motifs is 7. The monoisotopic (exact) mass is 564 g/mol. The van der Waals surface area contributed by atoms with Crippen molar-refractivity contribution in [1.82, 2.24) is 14.9 Å². The van der Waals surface area contributed by atoms with Crippen LogP contribution in [0.4, 0.5) is 11.6 Å². The maximum Gasteiger partial charge on any atom is 0.336 e. The summed E-state index contributed by atoms with van der Waals surface area (Å²) in [6.45, 7) is 2.43. The predicted molar refractivity (Wildman–Crippen MR) is 150 cm³/mol. The lowest BCUT2D eigenvalue weighted by Gasteiger charge is -2.18. The minimum atomic E-state index is -2.74. The molecular formula is C29H32N4O8. The van der Waals surface area contributed by atoms with Crippen molar-refractivity contribution in [2.75, 3.05) is 25.5 Å². The van der Waals surface area contributed by atoms with Crippen LogP contribution in [0.3, 0.4) is 0 Å². The minimum Gasteiger partial charge on any atom is -0.493 e. The van der Waals surface area contributed by atoms with Crippen molar-refractivity contribution >= 4 is 29.5 Å². The molecule has 0 spiro atoms. The van der Waals surface area contributed by atoms with Gasteiger partial charge in [-0.2, -0.15) is 0 Å². The van der Waals surface area contributed by atoms with E-state index in [1.54, 1.807) is 6.20 Å². The zero-order valence-electron chi connectivity index (χ0n) is 22.4. The summed E-state index contributed by atoms with van der Waals surface area (Å²) in [5, 5.41) is 37.1. The number of nitrogens with one attached hydrogen (secondary N) is 1. The van der Waals surface area contributed by atoms with Gasteiger partial charge in [0.05, 0.1) is 25.1 Å². The van der Waals surface area contributed by atoms with Gasteiger partial charge in [0.25, 0.3) is 0 Å². The number of carbonyl (C=O) groups is 3. The van der Waals surface area contributed by atoms with Crippen molar-refractivity contribution in [3.63, 3.8) is 0 Å². The number of nitrogens with zero attached hydrogens (tertiary/aromatic N) is 3. The fourth-order valence-electron chi connectivity index (χ4n) is 3.91. The summed E-state index contributed by atoms with van der Waals surface area (Å²) >= 11 is 0. The Bertz CT molecular complexity index is 1380. The van der Waals surface area contributed by atoms with E-state index in [2.05, 4.69) is 57.6 Å². The van der Waals surface area contributed by atoms with Crippen LogP contribution in [0.1, 0.15) is 24.8 Å². The molecule has 1 aliphatic rings. The first-order valence-electron chi connectivity index (χ1n) is 12.7. The molecule has 4 rings (SSSR count). The van der Waals surface area contributed by atoms with Crippen molar-refractivity contribution in [3.05, 3.63) is 78.5 Å². The molecule has 0 fully saturated rings. The number of aliphatic carboxylic acids is 3. The second-order valence-electron chi connectivity index (χ2n) is 9.40. The first kappa shape index (κ1) is 30.7. The molecular weight excluding hydrogens is 532 g/mol. The van der Waals surface area contributed by atoms with E-state index in [9.17, 15) is 14.4 Å². The smallest absolute Gasteiger partial charge is 0.336 e. The van der Waals surface area contributed by atoms with E-state index >= 15 is 0 Å². The number of hydrogen-bond donors (Lipinski definition) is 5. The highest BCUT2D eigenvalue weighted by atomic mass is 16.5. The second kappa shape index (κ2) is 14.5. The first-order valence-corrected chi connectivity index (χ1v) is 12.7. The van der Waals surface area contributed by atoms with E-state index in [4.69, 9.17) is 25.2 Å². The predicted octanol–water partition coefficient (Wildman–Crippen LogP) is 3.41. The average molecular weight is 565 g/mol. The number of aromatic nitrogens is 2. The molecule has 3 aromatic rings. The van der Waals surface area contributed by atoms with Crippen molar-refractivity contribution in [2.24, 2.45) is 0 Å². The lowest BCUT2D eigenvalue weighted by atomic mass is 9.96. The summed E-state index contributed by atoms with van der Waals surface area (Å²) in [5.74, 6) is -3.59. The number of carboxylic acid groups (broad SMARTS) is 3. The van der Waals surface area contributed by atoms with Gasteiger partial charge in [-0.1, -0.05) is 36.4 Å². The lowest BCUT2D eigenvalue weighted by molar-refractivity contribution is -0.170. The summed E-state index contributed by atoms with van der Waals surface area (Å²) < 4.78 is 5.90. The van der Waals surface area contributed by atoms with Crippen molar-refractivity contribution in [3.8, 4) is 17.0 Å². The average Bonchev–Trinajstić information content (AvgIpc) is 2.90.